The summed E-state index contributed by atoms with van der Waals surface area (Å²) in [5, 5.41) is 12.0. The van der Waals surface area contributed by atoms with Crippen LogP contribution in [0.5, 0.6) is 11.5 Å². The highest BCUT2D eigenvalue weighted by Crippen LogP contribution is 2.34. The Labute approximate surface area is 164 Å². The van der Waals surface area contributed by atoms with E-state index in [0.717, 1.165) is 0 Å². The van der Waals surface area contributed by atoms with Crippen LogP contribution in [0.2, 0.25) is 0 Å². The van der Waals surface area contributed by atoms with E-state index in [1.807, 2.05) is 34.7 Å². The average molecular weight is 462 g/mol. The standard InChI is InChI=1S/C19H15IN2O4/c1-12(23)26-18-16(20)9-13(10-17(18)25-2)8-14(11-21)19(24)22-15-6-4-3-5-7-15/h3-10H,1-2H3,(H,22,24)/b14-8+. The Balaban J connectivity index is 2.33. The monoisotopic (exact) mass is 462 g/mol. The number of carbonyl (C=O) groups is 2. The number of hydrogen-bond donors (Lipinski definition) is 1. The quantitative estimate of drug-likeness (QED) is 0.240. The summed E-state index contributed by atoms with van der Waals surface area (Å²) in [5.74, 6) is -0.356. The lowest BCUT2D eigenvalue weighted by molar-refractivity contribution is -0.132. The van der Waals surface area contributed by atoms with Gasteiger partial charge in [-0.1, -0.05) is 18.2 Å². The summed E-state index contributed by atoms with van der Waals surface area (Å²) in [6.07, 6.45) is 1.44. The summed E-state index contributed by atoms with van der Waals surface area (Å²) in [7, 11) is 1.44. The van der Waals surface area contributed by atoms with Gasteiger partial charge >= 0.3 is 5.97 Å². The number of carbonyl (C=O) groups excluding carboxylic acids is 2. The molecule has 6 nitrogen and oxygen atoms in total. The highest BCUT2D eigenvalue weighted by Gasteiger charge is 2.15. The molecule has 0 aliphatic rings. The predicted octanol–water partition coefficient (Wildman–Crippen LogP) is 3.77. The Morgan fingerprint density at radius 1 is 1.23 bits per heavy atom. The van der Waals surface area contributed by atoms with E-state index in [4.69, 9.17) is 9.47 Å². The fraction of sp³-hybridized carbons (Fsp3) is 0.105. The Morgan fingerprint density at radius 3 is 2.50 bits per heavy atom. The molecular weight excluding hydrogens is 447 g/mol. The van der Waals surface area contributed by atoms with Crippen LogP contribution in [0.1, 0.15) is 12.5 Å². The third kappa shape index (κ3) is 5.07. The minimum atomic E-state index is -0.517. The molecular formula is C19H15IN2O4. The minimum absolute atomic E-state index is 0.0630. The predicted molar refractivity (Wildman–Crippen MR) is 106 cm³/mol. The summed E-state index contributed by atoms with van der Waals surface area (Å²) >= 11 is 1.99. The first-order valence-electron chi connectivity index (χ1n) is 7.48. The summed E-state index contributed by atoms with van der Waals surface area (Å²) in [6, 6.07) is 14.0. The molecule has 2 aromatic rings. The number of methoxy groups -OCH3 is 1. The Bertz CT molecular complexity index is 902. The van der Waals surface area contributed by atoms with Gasteiger partial charge in [0.05, 0.1) is 10.7 Å². The molecule has 0 saturated carbocycles. The van der Waals surface area contributed by atoms with Crippen molar-refractivity contribution in [1.82, 2.24) is 0 Å². The van der Waals surface area contributed by atoms with Crippen molar-refractivity contribution in [3.63, 3.8) is 0 Å². The zero-order valence-electron chi connectivity index (χ0n) is 14.1. The van der Waals surface area contributed by atoms with E-state index < -0.39 is 11.9 Å². The second-order valence-corrected chi connectivity index (χ2v) is 6.28. The Kier molecular flexibility index (Phi) is 6.74. The molecule has 0 aliphatic heterocycles. The van der Waals surface area contributed by atoms with E-state index >= 15 is 0 Å². The molecule has 0 aliphatic carbocycles. The summed E-state index contributed by atoms with van der Waals surface area (Å²) < 4.78 is 11.0. The Hall–Kier alpha value is -2.86. The molecule has 0 radical (unpaired) electrons. The molecule has 0 bridgehead atoms. The average Bonchev–Trinajstić information content (AvgIpc) is 2.62. The molecule has 2 aromatic carbocycles. The molecule has 0 fully saturated rings. The van der Waals surface area contributed by atoms with Gasteiger partial charge in [0, 0.05) is 12.6 Å². The highest BCUT2D eigenvalue weighted by molar-refractivity contribution is 14.1. The number of benzene rings is 2. The van der Waals surface area contributed by atoms with Crippen LogP contribution in [-0.4, -0.2) is 19.0 Å². The van der Waals surface area contributed by atoms with E-state index in [1.54, 1.807) is 36.4 Å². The van der Waals surface area contributed by atoms with Crippen LogP contribution in [-0.2, 0) is 9.59 Å². The van der Waals surface area contributed by atoms with Crippen molar-refractivity contribution >= 4 is 46.2 Å². The number of rotatable bonds is 5. The van der Waals surface area contributed by atoms with Gasteiger partial charge < -0.3 is 14.8 Å². The molecule has 1 amide bonds. The normalized spacial score (nSPS) is 10.6. The molecule has 132 valence electrons. The smallest absolute Gasteiger partial charge is 0.308 e. The highest BCUT2D eigenvalue weighted by atomic mass is 127. The molecule has 0 saturated heterocycles. The number of nitriles is 1. The molecule has 0 atom stereocenters. The van der Waals surface area contributed by atoms with Crippen LogP contribution < -0.4 is 14.8 Å². The van der Waals surface area contributed by atoms with Crippen molar-refractivity contribution in [1.29, 1.82) is 5.26 Å². The van der Waals surface area contributed by atoms with Gasteiger partial charge in [0.1, 0.15) is 11.6 Å². The van der Waals surface area contributed by atoms with E-state index in [1.165, 1.54) is 20.1 Å². The van der Waals surface area contributed by atoms with E-state index in [-0.39, 0.29) is 5.57 Å². The first kappa shape index (κ1) is 19.5. The number of nitrogens with one attached hydrogen (secondary N) is 1. The third-order valence-electron chi connectivity index (χ3n) is 3.21. The van der Waals surface area contributed by atoms with Crippen LogP contribution in [0, 0.1) is 14.9 Å². The number of esters is 1. The van der Waals surface area contributed by atoms with Crippen molar-refractivity contribution in [3.8, 4) is 17.6 Å². The van der Waals surface area contributed by atoms with E-state index in [2.05, 4.69) is 5.32 Å². The largest absolute Gasteiger partial charge is 0.493 e. The van der Waals surface area contributed by atoms with Gasteiger partial charge in [-0.05, 0) is 58.5 Å². The maximum absolute atomic E-state index is 12.3. The molecule has 0 unspecified atom stereocenters. The summed E-state index contributed by atoms with van der Waals surface area (Å²) in [5.41, 5.74) is 1.10. The SMILES string of the molecule is COc1cc(/C=C(\C#N)C(=O)Nc2ccccc2)cc(I)c1OC(C)=O. The lowest BCUT2D eigenvalue weighted by Crippen LogP contribution is -2.13. The maximum Gasteiger partial charge on any atom is 0.308 e. The van der Waals surface area contributed by atoms with Crippen LogP contribution in [0.4, 0.5) is 5.69 Å². The molecule has 2 rings (SSSR count). The topological polar surface area (TPSA) is 88.4 Å². The number of nitrogens with zero attached hydrogens (tertiary/aromatic N) is 1. The van der Waals surface area contributed by atoms with Crippen molar-refractivity contribution < 1.29 is 19.1 Å². The fourth-order valence-corrected chi connectivity index (χ4v) is 2.84. The van der Waals surface area contributed by atoms with Crippen LogP contribution in [0.3, 0.4) is 0 Å². The molecule has 26 heavy (non-hydrogen) atoms. The molecule has 0 spiro atoms. The zero-order valence-corrected chi connectivity index (χ0v) is 16.2. The number of ether oxygens (including phenoxy) is 2. The second kappa shape index (κ2) is 9.01. The van der Waals surface area contributed by atoms with Gasteiger partial charge in [-0.15, -0.1) is 0 Å². The van der Waals surface area contributed by atoms with Gasteiger partial charge in [-0.2, -0.15) is 5.26 Å². The van der Waals surface area contributed by atoms with Gasteiger partial charge in [-0.25, -0.2) is 0 Å². The van der Waals surface area contributed by atoms with Crippen molar-refractivity contribution in [3.05, 3.63) is 57.2 Å². The third-order valence-corrected chi connectivity index (χ3v) is 4.01. The summed E-state index contributed by atoms with van der Waals surface area (Å²) in [4.78, 5) is 23.5. The van der Waals surface area contributed by atoms with Crippen molar-refractivity contribution in [2.45, 2.75) is 6.92 Å². The number of anilines is 1. The number of amides is 1. The number of para-hydroxylation sites is 1. The first-order valence-corrected chi connectivity index (χ1v) is 8.56. The van der Waals surface area contributed by atoms with Crippen molar-refractivity contribution in [2.24, 2.45) is 0 Å². The molecule has 0 heterocycles. The first-order chi connectivity index (χ1) is 12.4. The zero-order chi connectivity index (χ0) is 19.1. The van der Waals surface area contributed by atoms with Crippen LogP contribution in [0.15, 0.2) is 48.0 Å². The fourth-order valence-electron chi connectivity index (χ4n) is 2.10. The van der Waals surface area contributed by atoms with Gasteiger partial charge in [-0.3, -0.25) is 9.59 Å². The molecule has 1 N–H and O–H groups in total. The maximum atomic E-state index is 12.3. The van der Waals surface area contributed by atoms with E-state index in [0.29, 0.717) is 26.3 Å². The number of halogens is 1. The van der Waals surface area contributed by atoms with E-state index in [9.17, 15) is 14.9 Å². The second-order valence-electron chi connectivity index (χ2n) is 5.12. The number of hydrogen-bond acceptors (Lipinski definition) is 5. The molecule has 0 aromatic heterocycles. The van der Waals surface area contributed by atoms with Crippen LogP contribution >= 0.6 is 22.6 Å². The van der Waals surface area contributed by atoms with Crippen molar-refractivity contribution in [2.75, 3.05) is 12.4 Å². The van der Waals surface area contributed by atoms with Gasteiger partial charge in [0.15, 0.2) is 11.5 Å². The summed E-state index contributed by atoms with van der Waals surface area (Å²) in [6.45, 7) is 1.30. The lowest BCUT2D eigenvalue weighted by Gasteiger charge is -2.11. The lowest BCUT2D eigenvalue weighted by atomic mass is 10.1. The van der Waals surface area contributed by atoms with Gasteiger partial charge in [0.25, 0.3) is 5.91 Å². The minimum Gasteiger partial charge on any atom is -0.493 e. The molecule has 7 heteroatoms. The van der Waals surface area contributed by atoms with Crippen LogP contribution in [0.25, 0.3) is 6.08 Å². The van der Waals surface area contributed by atoms with Gasteiger partial charge in [0.2, 0.25) is 0 Å². The Morgan fingerprint density at radius 2 is 1.92 bits per heavy atom.